The summed E-state index contributed by atoms with van der Waals surface area (Å²) in [5, 5.41) is 6.49. The molecule has 0 bridgehead atoms. The number of H-pyrrole nitrogens is 1. The van der Waals surface area contributed by atoms with Gasteiger partial charge in [0.05, 0.1) is 0 Å². The summed E-state index contributed by atoms with van der Waals surface area (Å²) in [6.45, 7) is 3.80. The molecule has 3 heterocycles. The standard InChI is InChI=1S/C12H11N5O/c1-7-8(2)14-11(9-3-5-13-6-4-9)17-10(7)15-16-12(17)18/h3-6H,1-2H3,(H,16,18). The van der Waals surface area contributed by atoms with Crippen LogP contribution in [0, 0.1) is 13.8 Å². The Morgan fingerprint density at radius 3 is 2.67 bits per heavy atom. The first-order valence-corrected chi connectivity index (χ1v) is 5.53. The summed E-state index contributed by atoms with van der Waals surface area (Å²) in [7, 11) is 0. The van der Waals surface area contributed by atoms with Crippen molar-refractivity contribution in [3.63, 3.8) is 0 Å². The van der Waals surface area contributed by atoms with Crippen LogP contribution in [0.1, 0.15) is 11.3 Å². The molecular formula is C12H11N5O. The van der Waals surface area contributed by atoms with E-state index in [4.69, 9.17) is 0 Å². The summed E-state index contributed by atoms with van der Waals surface area (Å²) < 4.78 is 1.48. The van der Waals surface area contributed by atoms with Crippen molar-refractivity contribution >= 4 is 5.65 Å². The van der Waals surface area contributed by atoms with Gasteiger partial charge in [-0.3, -0.25) is 4.98 Å². The Hall–Kier alpha value is -2.50. The van der Waals surface area contributed by atoms with Gasteiger partial charge in [0.25, 0.3) is 0 Å². The Labute approximate surface area is 102 Å². The molecule has 0 spiro atoms. The molecule has 0 saturated heterocycles. The predicted octanol–water partition coefficient (Wildman–Crippen LogP) is 1.10. The van der Waals surface area contributed by atoms with Gasteiger partial charge in [0.2, 0.25) is 0 Å². The Morgan fingerprint density at radius 1 is 1.22 bits per heavy atom. The smallest absolute Gasteiger partial charge is 0.265 e. The van der Waals surface area contributed by atoms with Gasteiger partial charge in [0.15, 0.2) is 5.65 Å². The molecule has 0 aliphatic heterocycles. The molecule has 3 rings (SSSR count). The van der Waals surface area contributed by atoms with Gasteiger partial charge in [-0.1, -0.05) is 0 Å². The van der Waals surface area contributed by atoms with Crippen LogP contribution in [-0.2, 0) is 0 Å². The van der Waals surface area contributed by atoms with Crippen LogP contribution < -0.4 is 5.69 Å². The van der Waals surface area contributed by atoms with Crippen molar-refractivity contribution in [1.29, 1.82) is 0 Å². The van der Waals surface area contributed by atoms with E-state index in [1.54, 1.807) is 12.4 Å². The third-order valence-electron chi connectivity index (χ3n) is 2.97. The second-order valence-corrected chi connectivity index (χ2v) is 4.07. The number of hydrogen-bond acceptors (Lipinski definition) is 4. The number of hydrogen-bond donors (Lipinski definition) is 1. The average Bonchev–Trinajstić information content (AvgIpc) is 2.77. The van der Waals surface area contributed by atoms with Crippen molar-refractivity contribution in [3.8, 4) is 11.4 Å². The van der Waals surface area contributed by atoms with Gasteiger partial charge in [0, 0.05) is 29.2 Å². The highest BCUT2D eigenvalue weighted by Crippen LogP contribution is 2.19. The van der Waals surface area contributed by atoms with Crippen molar-refractivity contribution in [2.75, 3.05) is 0 Å². The maximum atomic E-state index is 11.8. The Balaban J connectivity index is 2.47. The summed E-state index contributed by atoms with van der Waals surface area (Å²) in [5.41, 5.74) is 2.91. The number of aryl methyl sites for hydroxylation is 2. The monoisotopic (exact) mass is 241 g/mol. The Kier molecular flexibility index (Phi) is 2.22. The Morgan fingerprint density at radius 2 is 1.94 bits per heavy atom. The van der Waals surface area contributed by atoms with E-state index in [1.807, 2.05) is 26.0 Å². The van der Waals surface area contributed by atoms with Gasteiger partial charge in [-0.15, -0.1) is 0 Å². The highest BCUT2D eigenvalue weighted by molar-refractivity contribution is 5.61. The third-order valence-corrected chi connectivity index (χ3v) is 2.97. The average molecular weight is 241 g/mol. The molecule has 18 heavy (non-hydrogen) atoms. The van der Waals surface area contributed by atoms with Crippen molar-refractivity contribution in [1.82, 2.24) is 24.6 Å². The number of rotatable bonds is 1. The summed E-state index contributed by atoms with van der Waals surface area (Å²) >= 11 is 0. The lowest BCUT2D eigenvalue weighted by Gasteiger charge is -2.07. The normalized spacial score (nSPS) is 11.0. The summed E-state index contributed by atoms with van der Waals surface area (Å²) in [6, 6.07) is 3.63. The van der Waals surface area contributed by atoms with Crippen LogP contribution in [0.25, 0.3) is 17.0 Å². The second-order valence-electron chi connectivity index (χ2n) is 4.07. The van der Waals surface area contributed by atoms with E-state index in [1.165, 1.54) is 4.40 Å². The zero-order chi connectivity index (χ0) is 12.7. The predicted molar refractivity (Wildman–Crippen MR) is 66.3 cm³/mol. The minimum absolute atomic E-state index is 0.285. The van der Waals surface area contributed by atoms with E-state index in [-0.39, 0.29) is 5.69 Å². The van der Waals surface area contributed by atoms with Gasteiger partial charge in [-0.05, 0) is 26.0 Å². The van der Waals surface area contributed by atoms with Crippen molar-refractivity contribution < 1.29 is 0 Å². The SMILES string of the molecule is Cc1nc(-c2ccncc2)n2c(=O)[nH]nc2c1C. The van der Waals surface area contributed by atoms with Crippen LogP contribution in [0.5, 0.6) is 0 Å². The molecule has 0 unspecified atom stereocenters. The van der Waals surface area contributed by atoms with Crippen LogP contribution in [0.2, 0.25) is 0 Å². The first kappa shape index (κ1) is 10.6. The first-order valence-electron chi connectivity index (χ1n) is 5.53. The minimum atomic E-state index is -0.285. The zero-order valence-corrected chi connectivity index (χ0v) is 10.0. The number of pyridine rings is 1. The molecule has 3 aromatic heterocycles. The highest BCUT2D eigenvalue weighted by atomic mass is 16.1. The molecule has 0 aromatic carbocycles. The van der Waals surface area contributed by atoms with Crippen LogP contribution in [-0.4, -0.2) is 24.6 Å². The Bertz CT molecular complexity index is 772. The van der Waals surface area contributed by atoms with E-state index in [0.717, 1.165) is 16.8 Å². The van der Waals surface area contributed by atoms with Crippen molar-refractivity contribution in [2.45, 2.75) is 13.8 Å². The molecule has 0 radical (unpaired) electrons. The topological polar surface area (TPSA) is 75.9 Å². The van der Waals surface area contributed by atoms with Gasteiger partial charge in [-0.2, -0.15) is 5.10 Å². The number of aromatic nitrogens is 5. The number of fused-ring (bicyclic) bond motifs is 1. The van der Waals surface area contributed by atoms with Gasteiger partial charge < -0.3 is 0 Å². The fourth-order valence-electron chi connectivity index (χ4n) is 1.89. The number of nitrogens with one attached hydrogen (secondary N) is 1. The molecule has 0 fully saturated rings. The van der Waals surface area contributed by atoms with Crippen molar-refractivity contribution in [3.05, 3.63) is 46.3 Å². The van der Waals surface area contributed by atoms with E-state index < -0.39 is 0 Å². The number of nitrogens with zero attached hydrogens (tertiary/aromatic N) is 4. The lowest BCUT2D eigenvalue weighted by atomic mass is 10.2. The second kappa shape index (κ2) is 3.76. The maximum absolute atomic E-state index is 11.8. The molecule has 90 valence electrons. The molecule has 0 aliphatic carbocycles. The van der Waals surface area contributed by atoms with Crippen LogP contribution in [0.4, 0.5) is 0 Å². The molecule has 0 aliphatic rings. The first-order chi connectivity index (χ1) is 8.68. The van der Waals surface area contributed by atoms with E-state index in [9.17, 15) is 4.79 Å². The van der Waals surface area contributed by atoms with E-state index in [0.29, 0.717) is 11.5 Å². The molecule has 3 aromatic rings. The summed E-state index contributed by atoms with van der Waals surface area (Å²) in [6.07, 6.45) is 3.34. The fourth-order valence-corrected chi connectivity index (χ4v) is 1.89. The van der Waals surface area contributed by atoms with Gasteiger partial charge in [0.1, 0.15) is 5.82 Å². The molecule has 0 atom stereocenters. The lowest BCUT2D eigenvalue weighted by Crippen LogP contribution is -2.14. The van der Waals surface area contributed by atoms with Crippen LogP contribution >= 0.6 is 0 Å². The summed E-state index contributed by atoms with van der Waals surface area (Å²) in [5.74, 6) is 0.578. The summed E-state index contributed by atoms with van der Waals surface area (Å²) in [4.78, 5) is 20.3. The molecule has 0 amide bonds. The van der Waals surface area contributed by atoms with Crippen molar-refractivity contribution in [2.24, 2.45) is 0 Å². The molecule has 6 nitrogen and oxygen atoms in total. The van der Waals surface area contributed by atoms with E-state index >= 15 is 0 Å². The quantitative estimate of drug-likeness (QED) is 0.692. The zero-order valence-electron chi connectivity index (χ0n) is 10.0. The fraction of sp³-hybridized carbons (Fsp3) is 0.167. The maximum Gasteiger partial charge on any atom is 0.349 e. The lowest BCUT2D eigenvalue weighted by molar-refractivity contribution is 0.985. The van der Waals surface area contributed by atoms with Gasteiger partial charge >= 0.3 is 5.69 Å². The minimum Gasteiger partial charge on any atom is -0.265 e. The van der Waals surface area contributed by atoms with Crippen LogP contribution in [0.15, 0.2) is 29.3 Å². The van der Waals surface area contributed by atoms with E-state index in [2.05, 4.69) is 20.2 Å². The third kappa shape index (κ3) is 1.42. The molecule has 6 heteroatoms. The highest BCUT2D eigenvalue weighted by Gasteiger charge is 2.13. The van der Waals surface area contributed by atoms with Gasteiger partial charge in [-0.25, -0.2) is 19.3 Å². The number of aromatic amines is 1. The van der Waals surface area contributed by atoms with Crippen LogP contribution in [0.3, 0.4) is 0 Å². The molecular weight excluding hydrogens is 230 g/mol. The largest absolute Gasteiger partial charge is 0.349 e. The molecule has 1 N–H and O–H groups in total. The molecule has 0 saturated carbocycles.